The molecular formula is C17H25NO2. The number of hydrogen-bond donors (Lipinski definition) is 2. The summed E-state index contributed by atoms with van der Waals surface area (Å²) in [6.07, 6.45) is 5.35. The zero-order valence-corrected chi connectivity index (χ0v) is 12.5. The molecule has 0 heterocycles. The predicted molar refractivity (Wildman–Crippen MR) is 80.8 cm³/mol. The highest BCUT2D eigenvalue weighted by atomic mass is 16.4. The SMILES string of the molecule is CC(C)CC1(CNCc2ccc(C(=O)O)cc2)CCC1. The highest BCUT2D eigenvalue weighted by Crippen LogP contribution is 2.45. The number of aromatic carboxylic acids is 1. The number of carbonyl (C=O) groups is 1. The Bertz CT molecular complexity index is 447. The average Bonchev–Trinajstić information content (AvgIpc) is 2.35. The van der Waals surface area contributed by atoms with Crippen LogP contribution >= 0.6 is 0 Å². The summed E-state index contributed by atoms with van der Waals surface area (Å²) in [5.74, 6) is -0.109. The van der Waals surface area contributed by atoms with E-state index in [1.807, 2.05) is 12.1 Å². The Labute approximate surface area is 121 Å². The van der Waals surface area contributed by atoms with Crippen molar-refractivity contribution in [3.05, 3.63) is 35.4 Å². The lowest BCUT2D eigenvalue weighted by atomic mass is 9.64. The molecule has 0 aromatic heterocycles. The van der Waals surface area contributed by atoms with Crippen LogP contribution in [0.4, 0.5) is 0 Å². The van der Waals surface area contributed by atoms with E-state index in [9.17, 15) is 4.79 Å². The van der Waals surface area contributed by atoms with E-state index in [-0.39, 0.29) is 0 Å². The van der Waals surface area contributed by atoms with Crippen molar-refractivity contribution < 1.29 is 9.90 Å². The lowest BCUT2D eigenvalue weighted by molar-refractivity contribution is 0.0697. The third-order valence-electron chi connectivity index (χ3n) is 4.29. The van der Waals surface area contributed by atoms with E-state index in [2.05, 4.69) is 19.2 Å². The molecule has 0 aliphatic heterocycles. The highest BCUT2D eigenvalue weighted by Gasteiger charge is 2.36. The molecule has 1 aliphatic rings. The highest BCUT2D eigenvalue weighted by molar-refractivity contribution is 5.87. The minimum atomic E-state index is -0.866. The minimum absolute atomic E-state index is 0.351. The van der Waals surface area contributed by atoms with E-state index >= 15 is 0 Å². The zero-order chi connectivity index (χ0) is 14.6. The molecular weight excluding hydrogens is 250 g/mol. The van der Waals surface area contributed by atoms with Crippen molar-refractivity contribution in [3.63, 3.8) is 0 Å². The molecule has 0 atom stereocenters. The summed E-state index contributed by atoms with van der Waals surface area (Å²) in [5.41, 5.74) is 2.01. The molecule has 0 radical (unpaired) electrons. The molecule has 1 aromatic carbocycles. The molecule has 0 unspecified atom stereocenters. The standard InChI is InChI=1S/C17H25NO2/c1-13(2)10-17(8-3-9-17)12-18-11-14-4-6-15(7-5-14)16(19)20/h4-7,13,18H,3,8-12H2,1-2H3,(H,19,20). The minimum Gasteiger partial charge on any atom is -0.478 e. The molecule has 20 heavy (non-hydrogen) atoms. The first-order chi connectivity index (χ1) is 9.51. The van der Waals surface area contributed by atoms with Gasteiger partial charge in [0.2, 0.25) is 0 Å². The van der Waals surface area contributed by atoms with Gasteiger partial charge >= 0.3 is 5.97 Å². The Kier molecular flexibility index (Phi) is 4.81. The molecule has 0 saturated heterocycles. The largest absolute Gasteiger partial charge is 0.478 e. The van der Waals surface area contributed by atoms with Crippen LogP contribution in [0, 0.1) is 11.3 Å². The molecule has 1 saturated carbocycles. The topological polar surface area (TPSA) is 49.3 Å². The maximum atomic E-state index is 10.8. The van der Waals surface area contributed by atoms with Crippen LogP contribution in [0.5, 0.6) is 0 Å². The van der Waals surface area contributed by atoms with Gasteiger partial charge in [0.25, 0.3) is 0 Å². The lowest BCUT2D eigenvalue weighted by Gasteiger charge is -2.43. The summed E-state index contributed by atoms with van der Waals surface area (Å²) >= 11 is 0. The number of hydrogen-bond acceptors (Lipinski definition) is 2. The van der Waals surface area contributed by atoms with Crippen LogP contribution in [-0.4, -0.2) is 17.6 Å². The van der Waals surface area contributed by atoms with Crippen molar-refractivity contribution in [1.82, 2.24) is 5.32 Å². The lowest BCUT2D eigenvalue weighted by Crippen LogP contribution is -2.40. The molecule has 3 nitrogen and oxygen atoms in total. The van der Waals surface area contributed by atoms with Crippen molar-refractivity contribution in [2.24, 2.45) is 11.3 Å². The van der Waals surface area contributed by atoms with Crippen molar-refractivity contribution >= 4 is 5.97 Å². The van der Waals surface area contributed by atoms with Crippen LogP contribution in [0.25, 0.3) is 0 Å². The smallest absolute Gasteiger partial charge is 0.335 e. The Morgan fingerprint density at radius 2 is 1.95 bits per heavy atom. The fraction of sp³-hybridized carbons (Fsp3) is 0.588. The van der Waals surface area contributed by atoms with Crippen LogP contribution in [0.2, 0.25) is 0 Å². The molecule has 0 bridgehead atoms. The third kappa shape index (κ3) is 3.83. The Balaban J connectivity index is 1.81. The first-order valence-corrected chi connectivity index (χ1v) is 7.54. The Morgan fingerprint density at radius 3 is 2.40 bits per heavy atom. The van der Waals surface area contributed by atoms with Gasteiger partial charge in [-0.25, -0.2) is 4.79 Å². The van der Waals surface area contributed by atoms with Gasteiger partial charge in [0.15, 0.2) is 0 Å². The number of carboxylic acids is 1. The van der Waals surface area contributed by atoms with Gasteiger partial charge < -0.3 is 10.4 Å². The number of carboxylic acid groups (broad SMARTS) is 1. The van der Waals surface area contributed by atoms with Crippen LogP contribution in [-0.2, 0) is 6.54 Å². The van der Waals surface area contributed by atoms with Crippen molar-refractivity contribution in [3.8, 4) is 0 Å². The van der Waals surface area contributed by atoms with Crippen LogP contribution < -0.4 is 5.32 Å². The molecule has 2 N–H and O–H groups in total. The summed E-state index contributed by atoms with van der Waals surface area (Å²) in [6, 6.07) is 7.14. The van der Waals surface area contributed by atoms with Crippen molar-refractivity contribution in [2.45, 2.75) is 46.1 Å². The summed E-state index contributed by atoms with van der Waals surface area (Å²) in [7, 11) is 0. The second kappa shape index (κ2) is 6.40. The fourth-order valence-corrected chi connectivity index (χ4v) is 3.23. The number of nitrogens with one attached hydrogen (secondary N) is 1. The van der Waals surface area contributed by atoms with Gasteiger partial charge in [0.1, 0.15) is 0 Å². The van der Waals surface area contributed by atoms with Crippen molar-refractivity contribution in [1.29, 1.82) is 0 Å². The number of rotatable bonds is 7. The molecule has 0 spiro atoms. The maximum Gasteiger partial charge on any atom is 0.335 e. The van der Waals surface area contributed by atoms with Gasteiger partial charge in [0.05, 0.1) is 5.56 Å². The summed E-state index contributed by atoms with van der Waals surface area (Å²) in [6.45, 7) is 6.49. The van der Waals surface area contributed by atoms with Gasteiger partial charge in [-0.1, -0.05) is 32.4 Å². The molecule has 110 valence electrons. The van der Waals surface area contributed by atoms with Crippen LogP contribution in [0.3, 0.4) is 0 Å². The third-order valence-corrected chi connectivity index (χ3v) is 4.29. The predicted octanol–water partition coefficient (Wildman–Crippen LogP) is 3.69. The Morgan fingerprint density at radius 1 is 1.30 bits per heavy atom. The van der Waals surface area contributed by atoms with Gasteiger partial charge in [-0.15, -0.1) is 0 Å². The normalized spacial score (nSPS) is 16.9. The molecule has 1 fully saturated rings. The molecule has 1 aromatic rings. The summed E-state index contributed by atoms with van der Waals surface area (Å²) in [4.78, 5) is 10.8. The quantitative estimate of drug-likeness (QED) is 0.798. The second-order valence-electron chi connectivity index (χ2n) is 6.56. The first kappa shape index (κ1) is 15.0. The van der Waals surface area contributed by atoms with E-state index in [0.717, 1.165) is 24.6 Å². The summed E-state index contributed by atoms with van der Waals surface area (Å²) < 4.78 is 0. The van der Waals surface area contributed by atoms with E-state index in [0.29, 0.717) is 11.0 Å². The second-order valence-corrected chi connectivity index (χ2v) is 6.56. The van der Waals surface area contributed by atoms with E-state index < -0.39 is 5.97 Å². The van der Waals surface area contributed by atoms with Gasteiger partial charge in [0, 0.05) is 13.1 Å². The van der Waals surface area contributed by atoms with Crippen molar-refractivity contribution in [2.75, 3.05) is 6.54 Å². The van der Waals surface area contributed by atoms with E-state index in [4.69, 9.17) is 5.11 Å². The Hall–Kier alpha value is -1.35. The van der Waals surface area contributed by atoms with Gasteiger partial charge in [-0.05, 0) is 48.3 Å². The van der Waals surface area contributed by atoms with Gasteiger partial charge in [-0.2, -0.15) is 0 Å². The van der Waals surface area contributed by atoms with Gasteiger partial charge in [-0.3, -0.25) is 0 Å². The summed E-state index contributed by atoms with van der Waals surface area (Å²) in [5, 5.41) is 12.4. The van der Waals surface area contributed by atoms with E-state index in [1.54, 1.807) is 12.1 Å². The van der Waals surface area contributed by atoms with Crippen LogP contribution in [0.15, 0.2) is 24.3 Å². The first-order valence-electron chi connectivity index (χ1n) is 7.54. The number of benzene rings is 1. The van der Waals surface area contributed by atoms with E-state index in [1.165, 1.54) is 25.7 Å². The zero-order valence-electron chi connectivity index (χ0n) is 12.5. The monoisotopic (exact) mass is 275 g/mol. The molecule has 1 aliphatic carbocycles. The molecule has 0 amide bonds. The molecule has 2 rings (SSSR count). The average molecular weight is 275 g/mol. The van der Waals surface area contributed by atoms with Crippen LogP contribution in [0.1, 0.15) is 55.5 Å². The molecule has 3 heteroatoms. The fourth-order valence-electron chi connectivity index (χ4n) is 3.23. The maximum absolute atomic E-state index is 10.8.